The van der Waals surface area contributed by atoms with Crippen LogP contribution in [0.15, 0.2) is 12.3 Å². The first-order valence-corrected chi connectivity index (χ1v) is 6.18. The summed E-state index contributed by atoms with van der Waals surface area (Å²) in [4.78, 5) is 6.48. The lowest BCUT2D eigenvalue weighted by Crippen LogP contribution is -2.24. The van der Waals surface area contributed by atoms with Crippen molar-refractivity contribution in [3.63, 3.8) is 0 Å². The van der Waals surface area contributed by atoms with Crippen molar-refractivity contribution in [2.24, 2.45) is 5.92 Å². The average molecular weight is 235 g/mol. The van der Waals surface area contributed by atoms with E-state index in [-0.39, 0.29) is 6.10 Å². The summed E-state index contributed by atoms with van der Waals surface area (Å²) in [5.41, 5.74) is 8.22. The molecule has 2 atom stereocenters. The zero-order valence-corrected chi connectivity index (χ0v) is 10.6. The highest BCUT2D eigenvalue weighted by molar-refractivity contribution is 5.43. The van der Waals surface area contributed by atoms with Crippen molar-refractivity contribution in [3.05, 3.63) is 23.4 Å². The van der Waals surface area contributed by atoms with Gasteiger partial charge in [-0.3, -0.25) is 4.90 Å². The molecule has 0 aromatic carbocycles. The van der Waals surface area contributed by atoms with Crippen molar-refractivity contribution in [2.75, 3.05) is 18.8 Å². The monoisotopic (exact) mass is 235 g/mol. The fraction of sp³-hybridized carbons (Fsp3) is 0.615. The van der Waals surface area contributed by atoms with Gasteiger partial charge in [0.15, 0.2) is 0 Å². The van der Waals surface area contributed by atoms with E-state index in [2.05, 4.69) is 16.8 Å². The number of nitrogen functional groups attached to an aromatic ring is 1. The summed E-state index contributed by atoms with van der Waals surface area (Å²) in [5.74, 6) is 1.03. The third-order valence-corrected chi connectivity index (χ3v) is 3.70. The average Bonchev–Trinajstić information content (AvgIpc) is 2.72. The molecule has 3 N–H and O–H groups in total. The van der Waals surface area contributed by atoms with E-state index in [0.29, 0.717) is 11.7 Å². The van der Waals surface area contributed by atoms with Crippen LogP contribution >= 0.6 is 0 Å². The Bertz CT molecular complexity index is 372. The van der Waals surface area contributed by atoms with Crippen LogP contribution in [0.5, 0.6) is 0 Å². The Balaban J connectivity index is 2.03. The Labute approximate surface area is 102 Å². The Morgan fingerprint density at radius 1 is 1.65 bits per heavy atom. The summed E-state index contributed by atoms with van der Waals surface area (Å²) >= 11 is 0. The highest BCUT2D eigenvalue weighted by Crippen LogP contribution is 2.23. The lowest BCUT2D eigenvalue weighted by molar-refractivity contribution is 0.127. The lowest BCUT2D eigenvalue weighted by Gasteiger charge is -2.19. The first-order valence-electron chi connectivity index (χ1n) is 6.18. The van der Waals surface area contributed by atoms with E-state index >= 15 is 0 Å². The summed E-state index contributed by atoms with van der Waals surface area (Å²) in [6.45, 7) is 6.76. The number of hydrogen-bond donors (Lipinski definition) is 2. The molecule has 4 nitrogen and oxygen atoms in total. The van der Waals surface area contributed by atoms with Crippen molar-refractivity contribution in [1.29, 1.82) is 0 Å². The standard InChI is InChI=1S/C13H21N3O/c1-9-3-5-15-13(14)12(9)8-16-6-4-11(7-16)10(2)17/h3,5,10-11,17H,4,6-8H2,1-2H3,(H2,14,15). The number of anilines is 1. The highest BCUT2D eigenvalue weighted by atomic mass is 16.3. The summed E-state index contributed by atoms with van der Waals surface area (Å²) in [7, 11) is 0. The number of aliphatic hydroxyl groups is 1. The minimum Gasteiger partial charge on any atom is -0.393 e. The summed E-state index contributed by atoms with van der Waals surface area (Å²) in [6, 6.07) is 1.99. The molecule has 2 unspecified atom stereocenters. The van der Waals surface area contributed by atoms with Gasteiger partial charge in [-0.25, -0.2) is 4.98 Å². The van der Waals surface area contributed by atoms with Gasteiger partial charge in [0.25, 0.3) is 0 Å². The number of nitrogens with two attached hydrogens (primary N) is 1. The molecule has 17 heavy (non-hydrogen) atoms. The van der Waals surface area contributed by atoms with Gasteiger partial charge in [-0.15, -0.1) is 0 Å². The van der Waals surface area contributed by atoms with Gasteiger partial charge in [-0.05, 0) is 44.4 Å². The second-order valence-electron chi connectivity index (χ2n) is 5.02. The Kier molecular flexibility index (Phi) is 3.64. The number of likely N-dealkylation sites (tertiary alicyclic amines) is 1. The Morgan fingerprint density at radius 2 is 2.41 bits per heavy atom. The molecule has 1 aliphatic rings. The van der Waals surface area contributed by atoms with Gasteiger partial charge in [0.2, 0.25) is 0 Å². The van der Waals surface area contributed by atoms with E-state index in [0.717, 1.165) is 31.6 Å². The zero-order valence-electron chi connectivity index (χ0n) is 10.6. The minimum atomic E-state index is -0.215. The zero-order chi connectivity index (χ0) is 12.4. The molecule has 1 aliphatic heterocycles. The number of pyridine rings is 1. The maximum absolute atomic E-state index is 9.58. The van der Waals surface area contributed by atoms with Crippen LogP contribution in [0.2, 0.25) is 0 Å². The van der Waals surface area contributed by atoms with Crippen LogP contribution in [-0.2, 0) is 6.54 Å². The molecule has 94 valence electrons. The second kappa shape index (κ2) is 5.02. The van der Waals surface area contributed by atoms with Gasteiger partial charge < -0.3 is 10.8 Å². The number of rotatable bonds is 3. The lowest BCUT2D eigenvalue weighted by atomic mass is 10.0. The summed E-state index contributed by atoms with van der Waals surface area (Å²) < 4.78 is 0. The number of aryl methyl sites for hydroxylation is 1. The highest BCUT2D eigenvalue weighted by Gasteiger charge is 2.26. The molecule has 1 saturated heterocycles. The first kappa shape index (κ1) is 12.3. The molecule has 0 aliphatic carbocycles. The molecule has 4 heteroatoms. The largest absolute Gasteiger partial charge is 0.393 e. The van der Waals surface area contributed by atoms with Gasteiger partial charge >= 0.3 is 0 Å². The molecule has 0 spiro atoms. The molecule has 1 aromatic rings. The maximum Gasteiger partial charge on any atom is 0.128 e. The summed E-state index contributed by atoms with van der Waals surface area (Å²) in [5, 5.41) is 9.58. The third kappa shape index (κ3) is 2.76. The topological polar surface area (TPSA) is 62.4 Å². The fourth-order valence-electron chi connectivity index (χ4n) is 2.44. The fourth-order valence-corrected chi connectivity index (χ4v) is 2.44. The van der Waals surface area contributed by atoms with Gasteiger partial charge in [-0.2, -0.15) is 0 Å². The molecule has 2 heterocycles. The Morgan fingerprint density at radius 3 is 3.00 bits per heavy atom. The normalized spacial score (nSPS) is 22.9. The number of nitrogens with zero attached hydrogens (tertiary/aromatic N) is 2. The first-order chi connectivity index (χ1) is 8.08. The smallest absolute Gasteiger partial charge is 0.128 e. The van der Waals surface area contributed by atoms with Crippen molar-refractivity contribution in [2.45, 2.75) is 32.9 Å². The predicted octanol–water partition coefficient (Wildman–Crippen LogP) is 1.17. The number of aliphatic hydroxyl groups excluding tert-OH is 1. The quantitative estimate of drug-likeness (QED) is 0.825. The second-order valence-corrected chi connectivity index (χ2v) is 5.02. The molecule has 0 bridgehead atoms. The number of aromatic nitrogens is 1. The van der Waals surface area contributed by atoms with Crippen LogP contribution in [0.1, 0.15) is 24.5 Å². The van der Waals surface area contributed by atoms with Gasteiger partial charge in [0.05, 0.1) is 6.10 Å². The van der Waals surface area contributed by atoms with E-state index in [4.69, 9.17) is 5.73 Å². The predicted molar refractivity (Wildman–Crippen MR) is 68.5 cm³/mol. The minimum absolute atomic E-state index is 0.215. The van der Waals surface area contributed by atoms with Crippen LogP contribution in [-0.4, -0.2) is 34.2 Å². The van der Waals surface area contributed by atoms with Crippen LogP contribution in [0.4, 0.5) is 5.82 Å². The van der Waals surface area contributed by atoms with Crippen molar-refractivity contribution < 1.29 is 5.11 Å². The molecule has 0 amide bonds. The van der Waals surface area contributed by atoms with E-state index in [1.54, 1.807) is 6.20 Å². The van der Waals surface area contributed by atoms with Crippen molar-refractivity contribution in [1.82, 2.24) is 9.88 Å². The molecule has 2 rings (SSSR count). The van der Waals surface area contributed by atoms with Gasteiger partial charge in [0, 0.05) is 24.8 Å². The molecule has 1 fully saturated rings. The number of hydrogen-bond acceptors (Lipinski definition) is 4. The molecular weight excluding hydrogens is 214 g/mol. The maximum atomic E-state index is 9.58. The SMILES string of the molecule is Cc1ccnc(N)c1CN1CCC(C(C)O)C1. The van der Waals surface area contributed by atoms with Crippen molar-refractivity contribution >= 4 is 5.82 Å². The van der Waals surface area contributed by atoms with Crippen LogP contribution in [0.25, 0.3) is 0 Å². The third-order valence-electron chi connectivity index (χ3n) is 3.70. The van der Waals surface area contributed by atoms with E-state index in [1.165, 1.54) is 5.56 Å². The molecular formula is C13H21N3O. The Hall–Kier alpha value is -1.13. The summed E-state index contributed by atoms with van der Waals surface area (Å²) in [6.07, 6.45) is 2.60. The van der Waals surface area contributed by atoms with Crippen LogP contribution < -0.4 is 5.73 Å². The van der Waals surface area contributed by atoms with Crippen molar-refractivity contribution in [3.8, 4) is 0 Å². The van der Waals surface area contributed by atoms with Crippen LogP contribution in [0.3, 0.4) is 0 Å². The van der Waals surface area contributed by atoms with Crippen LogP contribution in [0, 0.1) is 12.8 Å². The van der Waals surface area contributed by atoms with Gasteiger partial charge in [-0.1, -0.05) is 0 Å². The van der Waals surface area contributed by atoms with E-state index < -0.39 is 0 Å². The van der Waals surface area contributed by atoms with E-state index in [1.807, 2.05) is 13.0 Å². The molecule has 0 radical (unpaired) electrons. The van der Waals surface area contributed by atoms with E-state index in [9.17, 15) is 5.11 Å². The van der Waals surface area contributed by atoms with Gasteiger partial charge in [0.1, 0.15) is 5.82 Å². The molecule has 0 saturated carbocycles. The molecule has 1 aromatic heterocycles.